The lowest BCUT2D eigenvalue weighted by Crippen LogP contribution is -2.43. The number of likely N-dealkylation sites (N-methyl/N-ethyl adjacent to an activating group) is 1. The number of ether oxygens (including phenoxy) is 1. The SMILES string of the molecule is CCNC(c1cccc2cccnc12)C(C)(CC)OC. The highest BCUT2D eigenvalue weighted by atomic mass is 16.5. The van der Waals surface area contributed by atoms with E-state index in [0.29, 0.717) is 0 Å². The maximum atomic E-state index is 5.81. The lowest BCUT2D eigenvalue weighted by molar-refractivity contribution is -0.0292. The Bertz CT molecular complexity index is 558. The summed E-state index contributed by atoms with van der Waals surface area (Å²) in [5.74, 6) is 0. The molecule has 0 saturated carbocycles. The van der Waals surface area contributed by atoms with Crippen molar-refractivity contribution in [2.75, 3.05) is 13.7 Å². The molecule has 3 nitrogen and oxygen atoms in total. The van der Waals surface area contributed by atoms with Gasteiger partial charge in [0.15, 0.2) is 0 Å². The van der Waals surface area contributed by atoms with Gasteiger partial charge >= 0.3 is 0 Å². The number of para-hydroxylation sites is 1. The summed E-state index contributed by atoms with van der Waals surface area (Å²) in [5, 5.41) is 4.74. The number of rotatable bonds is 6. The fourth-order valence-corrected chi connectivity index (χ4v) is 2.69. The lowest BCUT2D eigenvalue weighted by Gasteiger charge is -2.37. The maximum absolute atomic E-state index is 5.81. The molecule has 1 aromatic heterocycles. The highest BCUT2D eigenvalue weighted by Gasteiger charge is 2.34. The van der Waals surface area contributed by atoms with Crippen LogP contribution in [0.5, 0.6) is 0 Å². The summed E-state index contributed by atoms with van der Waals surface area (Å²) in [6.07, 6.45) is 2.79. The van der Waals surface area contributed by atoms with E-state index in [1.165, 1.54) is 10.9 Å². The Balaban J connectivity index is 2.57. The van der Waals surface area contributed by atoms with Gasteiger partial charge in [-0.2, -0.15) is 0 Å². The summed E-state index contributed by atoms with van der Waals surface area (Å²) in [4.78, 5) is 4.57. The van der Waals surface area contributed by atoms with Gasteiger partial charge in [0.05, 0.1) is 17.2 Å². The Kier molecular flexibility index (Phi) is 4.73. The van der Waals surface area contributed by atoms with Crippen molar-refractivity contribution in [1.82, 2.24) is 10.3 Å². The van der Waals surface area contributed by atoms with Gasteiger partial charge in [-0.05, 0) is 31.5 Å². The maximum Gasteiger partial charge on any atom is 0.0842 e. The van der Waals surface area contributed by atoms with Crippen molar-refractivity contribution in [1.29, 1.82) is 0 Å². The minimum absolute atomic E-state index is 0.126. The van der Waals surface area contributed by atoms with Gasteiger partial charge in [0.1, 0.15) is 0 Å². The molecule has 0 fully saturated rings. The molecule has 0 aliphatic heterocycles. The first-order valence-electron chi connectivity index (χ1n) is 7.28. The van der Waals surface area contributed by atoms with Crippen LogP contribution in [0.3, 0.4) is 0 Å². The first-order chi connectivity index (χ1) is 9.66. The number of nitrogens with zero attached hydrogens (tertiary/aromatic N) is 1. The van der Waals surface area contributed by atoms with Crippen LogP contribution < -0.4 is 5.32 Å². The molecule has 2 rings (SSSR count). The quantitative estimate of drug-likeness (QED) is 0.870. The monoisotopic (exact) mass is 272 g/mol. The van der Waals surface area contributed by atoms with Gasteiger partial charge in [0.2, 0.25) is 0 Å². The van der Waals surface area contributed by atoms with Crippen LogP contribution in [0.25, 0.3) is 10.9 Å². The minimum Gasteiger partial charge on any atom is -0.377 e. The van der Waals surface area contributed by atoms with E-state index < -0.39 is 0 Å². The van der Waals surface area contributed by atoms with E-state index in [9.17, 15) is 0 Å². The van der Waals surface area contributed by atoms with Crippen molar-refractivity contribution in [3.63, 3.8) is 0 Å². The third-order valence-corrected chi connectivity index (χ3v) is 4.16. The van der Waals surface area contributed by atoms with E-state index in [4.69, 9.17) is 4.74 Å². The summed E-state index contributed by atoms with van der Waals surface area (Å²) >= 11 is 0. The van der Waals surface area contributed by atoms with Gasteiger partial charge in [0, 0.05) is 18.7 Å². The Morgan fingerprint density at radius 1 is 1.25 bits per heavy atom. The third kappa shape index (κ3) is 2.69. The zero-order chi connectivity index (χ0) is 14.6. The lowest BCUT2D eigenvalue weighted by atomic mass is 9.86. The third-order valence-electron chi connectivity index (χ3n) is 4.16. The molecule has 0 aliphatic carbocycles. The van der Waals surface area contributed by atoms with Gasteiger partial charge in [0.25, 0.3) is 0 Å². The molecule has 0 amide bonds. The second kappa shape index (κ2) is 6.33. The second-order valence-electron chi connectivity index (χ2n) is 5.28. The summed E-state index contributed by atoms with van der Waals surface area (Å²) in [6.45, 7) is 7.33. The summed E-state index contributed by atoms with van der Waals surface area (Å²) in [5.41, 5.74) is 2.01. The topological polar surface area (TPSA) is 34.2 Å². The van der Waals surface area contributed by atoms with Gasteiger partial charge in [-0.3, -0.25) is 4.98 Å². The highest BCUT2D eigenvalue weighted by Crippen LogP contribution is 2.34. The standard InChI is InChI=1S/C17H24N2O/c1-5-17(3,20-4)16(18-6-2)14-11-7-9-13-10-8-12-19-15(13)14/h7-12,16,18H,5-6H2,1-4H3. The van der Waals surface area contributed by atoms with Gasteiger partial charge in [-0.15, -0.1) is 0 Å². The fraction of sp³-hybridized carbons (Fsp3) is 0.471. The molecule has 1 heterocycles. The van der Waals surface area contributed by atoms with Crippen LogP contribution in [0.15, 0.2) is 36.5 Å². The van der Waals surface area contributed by atoms with Crippen LogP contribution in [0, 0.1) is 0 Å². The normalized spacial score (nSPS) is 16.0. The predicted molar refractivity (Wildman–Crippen MR) is 83.9 cm³/mol. The molecule has 3 heteroatoms. The van der Waals surface area contributed by atoms with Crippen molar-refractivity contribution in [2.45, 2.75) is 38.8 Å². The van der Waals surface area contributed by atoms with E-state index in [0.717, 1.165) is 18.5 Å². The number of pyridine rings is 1. The number of benzene rings is 1. The van der Waals surface area contributed by atoms with Crippen LogP contribution in [0.4, 0.5) is 0 Å². The molecule has 0 aliphatic rings. The number of fused-ring (bicyclic) bond motifs is 1. The van der Waals surface area contributed by atoms with Crippen LogP contribution >= 0.6 is 0 Å². The molecule has 0 spiro atoms. The molecule has 2 unspecified atom stereocenters. The molecule has 20 heavy (non-hydrogen) atoms. The van der Waals surface area contributed by atoms with E-state index in [-0.39, 0.29) is 11.6 Å². The predicted octanol–water partition coefficient (Wildman–Crippen LogP) is 3.70. The zero-order valence-corrected chi connectivity index (χ0v) is 12.8. The minimum atomic E-state index is -0.248. The second-order valence-corrected chi connectivity index (χ2v) is 5.28. The smallest absolute Gasteiger partial charge is 0.0842 e. The molecule has 0 bridgehead atoms. The van der Waals surface area contributed by atoms with Crippen LogP contribution in [0.1, 0.15) is 38.8 Å². The zero-order valence-electron chi connectivity index (χ0n) is 12.8. The van der Waals surface area contributed by atoms with Crippen molar-refractivity contribution in [3.05, 3.63) is 42.1 Å². The molecule has 1 N–H and O–H groups in total. The number of hydrogen-bond donors (Lipinski definition) is 1. The Hall–Kier alpha value is -1.45. The molecule has 2 atom stereocenters. The molecule has 108 valence electrons. The molecule has 0 radical (unpaired) electrons. The van der Waals surface area contributed by atoms with E-state index in [2.05, 4.69) is 55.3 Å². The summed E-state index contributed by atoms with van der Waals surface area (Å²) in [6, 6.07) is 10.5. The number of hydrogen-bond acceptors (Lipinski definition) is 3. The Morgan fingerprint density at radius 2 is 2.00 bits per heavy atom. The highest BCUT2D eigenvalue weighted by molar-refractivity contribution is 5.82. The number of aromatic nitrogens is 1. The first kappa shape index (κ1) is 14.9. The Labute approximate surface area is 121 Å². The Morgan fingerprint density at radius 3 is 2.65 bits per heavy atom. The molecule has 0 saturated heterocycles. The molecule has 2 aromatic rings. The van der Waals surface area contributed by atoms with Crippen LogP contribution in [-0.2, 0) is 4.74 Å². The number of methoxy groups -OCH3 is 1. The molecular formula is C17H24N2O. The first-order valence-corrected chi connectivity index (χ1v) is 7.28. The van der Waals surface area contributed by atoms with Gasteiger partial charge < -0.3 is 10.1 Å². The van der Waals surface area contributed by atoms with Crippen LogP contribution in [0.2, 0.25) is 0 Å². The van der Waals surface area contributed by atoms with E-state index in [1.54, 1.807) is 7.11 Å². The van der Waals surface area contributed by atoms with Gasteiger partial charge in [-0.1, -0.05) is 38.1 Å². The molecule has 1 aromatic carbocycles. The average Bonchev–Trinajstić information content (AvgIpc) is 2.51. The van der Waals surface area contributed by atoms with Gasteiger partial charge in [-0.25, -0.2) is 0 Å². The number of nitrogens with one attached hydrogen (secondary N) is 1. The van der Waals surface area contributed by atoms with Crippen molar-refractivity contribution < 1.29 is 4.74 Å². The van der Waals surface area contributed by atoms with E-state index in [1.807, 2.05) is 12.3 Å². The van der Waals surface area contributed by atoms with Crippen LogP contribution in [-0.4, -0.2) is 24.2 Å². The van der Waals surface area contributed by atoms with Crippen molar-refractivity contribution in [3.8, 4) is 0 Å². The largest absolute Gasteiger partial charge is 0.377 e. The molecular weight excluding hydrogens is 248 g/mol. The van der Waals surface area contributed by atoms with E-state index >= 15 is 0 Å². The fourth-order valence-electron chi connectivity index (χ4n) is 2.69. The summed E-state index contributed by atoms with van der Waals surface area (Å²) < 4.78 is 5.81. The summed E-state index contributed by atoms with van der Waals surface area (Å²) in [7, 11) is 1.78. The average molecular weight is 272 g/mol. The van der Waals surface area contributed by atoms with Crippen molar-refractivity contribution >= 4 is 10.9 Å². The van der Waals surface area contributed by atoms with Crippen molar-refractivity contribution in [2.24, 2.45) is 0 Å².